The van der Waals surface area contributed by atoms with Gasteiger partial charge in [-0.25, -0.2) is 9.37 Å². The molecular formula is C13H11FN2. The van der Waals surface area contributed by atoms with Crippen LogP contribution in [0, 0.1) is 0 Å². The van der Waals surface area contributed by atoms with E-state index in [2.05, 4.69) is 4.98 Å². The monoisotopic (exact) mass is 214 g/mol. The van der Waals surface area contributed by atoms with Gasteiger partial charge < -0.3 is 4.57 Å². The molecule has 3 heteroatoms. The summed E-state index contributed by atoms with van der Waals surface area (Å²) in [5, 5.41) is 0. The topological polar surface area (TPSA) is 17.8 Å². The Labute approximate surface area is 93.1 Å². The van der Waals surface area contributed by atoms with E-state index in [-0.39, 0.29) is 5.83 Å². The number of allylic oxidation sites excluding steroid dienone is 1. The van der Waals surface area contributed by atoms with E-state index >= 15 is 0 Å². The van der Waals surface area contributed by atoms with Crippen LogP contribution in [0.2, 0.25) is 0 Å². The highest BCUT2D eigenvalue weighted by Gasteiger charge is 2.13. The van der Waals surface area contributed by atoms with Gasteiger partial charge >= 0.3 is 0 Å². The highest BCUT2D eigenvalue weighted by Crippen LogP contribution is 2.23. The lowest BCUT2D eigenvalue weighted by Gasteiger charge is -2.07. The van der Waals surface area contributed by atoms with Gasteiger partial charge in [0.25, 0.3) is 0 Å². The zero-order chi connectivity index (χ0) is 11.0. The normalized spacial score (nSPS) is 14.4. The van der Waals surface area contributed by atoms with Crippen LogP contribution in [0.1, 0.15) is 12.2 Å². The predicted octanol–water partition coefficient (Wildman–Crippen LogP) is 3.26. The number of halogens is 1. The van der Waals surface area contributed by atoms with Gasteiger partial charge in [-0.1, -0.05) is 30.3 Å². The number of benzene rings is 1. The summed E-state index contributed by atoms with van der Waals surface area (Å²) in [4.78, 5) is 4.51. The van der Waals surface area contributed by atoms with Crippen LogP contribution in [0.3, 0.4) is 0 Å². The highest BCUT2D eigenvalue weighted by molar-refractivity contribution is 5.59. The van der Waals surface area contributed by atoms with Crippen LogP contribution in [0.5, 0.6) is 0 Å². The van der Waals surface area contributed by atoms with Gasteiger partial charge in [0.05, 0.1) is 5.69 Å². The number of imidazole rings is 1. The van der Waals surface area contributed by atoms with Gasteiger partial charge in [-0.15, -0.1) is 0 Å². The second-order valence-electron chi connectivity index (χ2n) is 3.89. The molecule has 0 radical (unpaired) electrons. The summed E-state index contributed by atoms with van der Waals surface area (Å²) in [7, 11) is 0. The van der Waals surface area contributed by atoms with Gasteiger partial charge in [0.1, 0.15) is 11.7 Å². The van der Waals surface area contributed by atoms with Crippen LogP contribution in [0.15, 0.2) is 42.4 Å². The quantitative estimate of drug-likeness (QED) is 0.712. The zero-order valence-electron chi connectivity index (χ0n) is 8.73. The molecule has 0 unspecified atom stereocenters. The highest BCUT2D eigenvalue weighted by atomic mass is 19.1. The Balaban J connectivity index is 2.06. The summed E-state index contributed by atoms with van der Waals surface area (Å²) < 4.78 is 14.9. The maximum absolute atomic E-state index is 13.1. The maximum atomic E-state index is 13.1. The molecule has 1 aromatic heterocycles. The molecule has 0 fully saturated rings. The Bertz CT molecular complexity index is 540. The van der Waals surface area contributed by atoms with Crippen molar-refractivity contribution in [3.63, 3.8) is 0 Å². The number of hydrogen-bond donors (Lipinski definition) is 0. The van der Waals surface area contributed by atoms with Crippen molar-refractivity contribution in [2.24, 2.45) is 0 Å². The summed E-state index contributed by atoms with van der Waals surface area (Å²) in [5.74, 6) is 0.852. The fraction of sp³-hybridized carbons (Fsp3) is 0.154. The van der Waals surface area contributed by atoms with E-state index in [1.54, 1.807) is 4.57 Å². The Morgan fingerprint density at radius 1 is 1.12 bits per heavy atom. The van der Waals surface area contributed by atoms with E-state index in [9.17, 15) is 4.39 Å². The average molecular weight is 214 g/mol. The Hall–Kier alpha value is -1.90. The zero-order valence-corrected chi connectivity index (χ0v) is 8.73. The van der Waals surface area contributed by atoms with Crippen LogP contribution in [0.25, 0.3) is 17.5 Å². The minimum atomic E-state index is -0.0792. The third-order valence-electron chi connectivity index (χ3n) is 2.75. The average Bonchev–Trinajstić information content (AvgIpc) is 2.73. The minimum absolute atomic E-state index is 0.0792. The Kier molecular flexibility index (Phi) is 2.10. The van der Waals surface area contributed by atoms with E-state index in [1.807, 2.05) is 36.5 Å². The second-order valence-corrected chi connectivity index (χ2v) is 3.89. The minimum Gasteiger partial charge on any atom is -0.307 e. The molecule has 0 N–H and O–H groups in total. The number of rotatable bonds is 1. The molecule has 1 aromatic carbocycles. The molecule has 2 aromatic rings. The van der Waals surface area contributed by atoms with Gasteiger partial charge in [0.2, 0.25) is 0 Å². The van der Waals surface area contributed by atoms with Crippen LogP contribution in [-0.2, 0) is 6.42 Å². The Morgan fingerprint density at radius 3 is 2.75 bits per heavy atom. The largest absolute Gasteiger partial charge is 0.307 e. The molecular weight excluding hydrogens is 203 g/mol. The first-order chi connectivity index (χ1) is 7.83. The molecule has 0 aliphatic carbocycles. The summed E-state index contributed by atoms with van der Waals surface area (Å²) in [6.07, 6.45) is 4.53. The van der Waals surface area contributed by atoms with Crippen molar-refractivity contribution in [2.45, 2.75) is 12.8 Å². The lowest BCUT2D eigenvalue weighted by molar-refractivity contribution is 0.570. The smallest absolute Gasteiger partial charge is 0.117 e. The van der Waals surface area contributed by atoms with E-state index < -0.39 is 0 Å². The standard InChI is InChI=1S/C13H11FN2/c14-11-6-7-13-15-12(9-16(13)8-11)10-4-2-1-3-5-10/h1-5,8-9H,6-7H2. The molecule has 0 saturated heterocycles. The molecule has 80 valence electrons. The van der Waals surface area contributed by atoms with Gasteiger partial charge in [-0.05, 0) is 0 Å². The SMILES string of the molecule is FC1=Cn2cc(-c3ccccc3)nc2CC1. The second kappa shape index (κ2) is 3.59. The van der Waals surface area contributed by atoms with Crippen LogP contribution in [-0.4, -0.2) is 9.55 Å². The third kappa shape index (κ3) is 1.54. The first kappa shape index (κ1) is 9.33. The van der Waals surface area contributed by atoms with Crippen molar-refractivity contribution in [1.29, 1.82) is 0 Å². The van der Waals surface area contributed by atoms with Crippen LogP contribution < -0.4 is 0 Å². The van der Waals surface area contributed by atoms with Crippen molar-refractivity contribution >= 4 is 6.20 Å². The molecule has 0 amide bonds. The number of fused-ring (bicyclic) bond motifs is 1. The first-order valence-electron chi connectivity index (χ1n) is 5.32. The van der Waals surface area contributed by atoms with Gasteiger partial charge in [0.15, 0.2) is 0 Å². The molecule has 0 spiro atoms. The van der Waals surface area contributed by atoms with Gasteiger partial charge in [-0.3, -0.25) is 0 Å². The fourth-order valence-electron chi connectivity index (χ4n) is 1.92. The summed E-state index contributed by atoms with van der Waals surface area (Å²) in [6, 6.07) is 9.94. The number of aryl methyl sites for hydroxylation is 1. The van der Waals surface area contributed by atoms with E-state index in [1.165, 1.54) is 6.20 Å². The summed E-state index contributed by atoms with van der Waals surface area (Å²) in [5.41, 5.74) is 1.97. The van der Waals surface area contributed by atoms with Crippen molar-refractivity contribution in [2.75, 3.05) is 0 Å². The van der Waals surface area contributed by atoms with Crippen molar-refractivity contribution in [3.05, 3.63) is 48.2 Å². The summed E-state index contributed by atoms with van der Waals surface area (Å²) >= 11 is 0. The van der Waals surface area contributed by atoms with Gasteiger partial charge in [0, 0.05) is 30.8 Å². The van der Waals surface area contributed by atoms with Crippen LogP contribution >= 0.6 is 0 Å². The van der Waals surface area contributed by atoms with Crippen molar-refractivity contribution in [1.82, 2.24) is 9.55 Å². The van der Waals surface area contributed by atoms with Gasteiger partial charge in [-0.2, -0.15) is 0 Å². The van der Waals surface area contributed by atoms with E-state index in [0.717, 1.165) is 17.1 Å². The van der Waals surface area contributed by atoms with E-state index in [4.69, 9.17) is 0 Å². The molecule has 16 heavy (non-hydrogen) atoms. The van der Waals surface area contributed by atoms with Crippen molar-refractivity contribution < 1.29 is 4.39 Å². The predicted molar refractivity (Wildman–Crippen MR) is 61.4 cm³/mol. The molecule has 3 rings (SSSR count). The summed E-state index contributed by atoms with van der Waals surface area (Å²) in [6.45, 7) is 0. The molecule has 1 aliphatic rings. The lowest BCUT2D eigenvalue weighted by atomic mass is 10.2. The lowest BCUT2D eigenvalue weighted by Crippen LogP contribution is -2.02. The fourth-order valence-corrected chi connectivity index (χ4v) is 1.92. The molecule has 2 heterocycles. The maximum Gasteiger partial charge on any atom is 0.117 e. The molecule has 0 atom stereocenters. The molecule has 2 nitrogen and oxygen atoms in total. The molecule has 1 aliphatic heterocycles. The Morgan fingerprint density at radius 2 is 1.94 bits per heavy atom. The third-order valence-corrected chi connectivity index (χ3v) is 2.75. The van der Waals surface area contributed by atoms with Crippen LogP contribution in [0.4, 0.5) is 4.39 Å². The molecule has 0 bridgehead atoms. The number of aromatic nitrogens is 2. The van der Waals surface area contributed by atoms with E-state index in [0.29, 0.717) is 12.8 Å². The number of hydrogen-bond acceptors (Lipinski definition) is 1. The molecule has 0 saturated carbocycles. The number of nitrogens with zero attached hydrogens (tertiary/aromatic N) is 2. The first-order valence-corrected chi connectivity index (χ1v) is 5.32. The van der Waals surface area contributed by atoms with Crippen molar-refractivity contribution in [3.8, 4) is 11.3 Å².